The second kappa shape index (κ2) is 6.69. The molecule has 0 unspecified atom stereocenters. The van der Waals surface area contributed by atoms with E-state index in [9.17, 15) is 14.4 Å². The maximum atomic E-state index is 11.8. The molecule has 0 bridgehead atoms. The molecule has 18 heavy (non-hydrogen) atoms. The van der Waals surface area contributed by atoms with Crippen LogP contribution in [-0.4, -0.2) is 24.0 Å². The highest BCUT2D eigenvalue weighted by atomic mass is 16.1. The molecule has 0 spiro atoms. The van der Waals surface area contributed by atoms with Crippen molar-refractivity contribution in [3.05, 3.63) is 35.4 Å². The molecule has 0 radical (unpaired) electrons. The molecule has 1 rings (SSSR count). The molecule has 1 aromatic carbocycles. The standard InChI is InChI=1S/C14H17NO3/c1-10(16)5-4-8-15-14(18)13-7-3-6-12(9-13)11(2)17/h3,6-7,9H,4-5,8H2,1-2H3,(H,15,18). The van der Waals surface area contributed by atoms with Crippen LogP contribution < -0.4 is 5.32 Å². The third-order valence-electron chi connectivity index (χ3n) is 2.52. The smallest absolute Gasteiger partial charge is 0.251 e. The number of Topliss-reactive ketones (excluding diaryl/α,β-unsaturated/α-hetero) is 2. The van der Waals surface area contributed by atoms with Crippen molar-refractivity contribution in [2.75, 3.05) is 6.54 Å². The molecule has 0 aliphatic rings. The van der Waals surface area contributed by atoms with Gasteiger partial charge in [0, 0.05) is 24.1 Å². The van der Waals surface area contributed by atoms with Gasteiger partial charge in [-0.15, -0.1) is 0 Å². The zero-order valence-corrected chi connectivity index (χ0v) is 10.7. The fourth-order valence-electron chi connectivity index (χ4n) is 1.52. The summed E-state index contributed by atoms with van der Waals surface area (Å²) < 4.78 is 0. The Morgan fingerprint density at radius 3 is 2.39 bits per heavy atom. The van der Waals surface area contributed by atoms with Gasteiger partial charge in [0.2, 0.25) is 0 Å². The Morgan fingerprint density at radius 2 is 1.78 bits per heavy atom. The van der Waals surface area contributed by atoms with Gasteiger partial charge < -0.3 is 10.1 Å². The van der Waals surface area contributed by atoms with Gasteiger partial charge in [-0.05, 0) is 32.4 Å². The lowest BCUT2D eigenvalue weighted by Crippen LogP contribution is -2.24. The predicted octanol–water partition coefficient (Wildman–Crippen LogP) is 1.99. The molecule has 1 aromatic rings. The third-order valence-corrected chi connectivity index (χ3v) is 2.52. The number of hydrogen-bond acceptors (Lipinski definition) is 3. The second-order valence-electron chi connectivity index (χ2n) is 4.20. The third kappa shape index (κ3) is 4.49. The minimum Gasteiger partial charge on any atom is -0.352 e. The molecule has 1 N–H and O–H groups in total. The minimum absolute atomic E-state index is 0.0683. The molecule has 0 aromatic heterocycles. The fourth-order valence-corrected chi connectivity index (χ4v) is 1.52. The Kier molecular flexibility index (Phi) is 5.24. The fraction of sp³-hybridized carbons (Fsp3) is 0.357. The number of carbonyl (C=O) groups is 3. The highest BCUT2D eigenvalue weighted by Crippen LogP contribution is 2.06. The normalized spacial score (nSPS) is 9.89. The van der Waals surface area contributed by atoms with Crippen molar-refractivity contribution in [2.24, 2.45) is 0 Å². The average Bonchev–Trinajstić information content (AvgIpc) is 2.34. The zero-order chi connectivity index (χ0) is 13.5. The summed E-state index contributed by atoms with van der Waals surface area (Å²) >= 11 is 0. The van der Waals surface area contributed by atoms with Gasteiger partial charge in [-0.2, -0.15) is 0 Å². The number of hydrogen-bond donors (Lipinski definition) is 1. The molecule has 0 aliphatic heterocycles. The molecule has 96 valence electrons. The lowest BCUT2D eigenvalue weighted by molar-refractivity contribution is -0.117. The Bertz CT molecular complexity index is 466. The molecule has 0 fully saturated rings. The average molecular weight is 247 g/mol. The van der Waals surface area contributed by atoms with Gasteiger partial charge in [0.05, 0.1) is 0 Å². The monoisotopic (exact) mass is 247 g/mol. The van der Waals surface area contributed by atoms with Crippen molar-refractivity contribution < 1.29 is 14.4 Å². The first-order valence-corrected chi connectivity index (χ1v) is 5.89. The summed E-state index contributed by atoms with van der Waals surface area (Å²) in [6.07, 6.45) is 1.10. The number of nitrogens with one attached hydrogen (secondary N) is 1. The van der Waals surface area contributed by atoms with Gasteiger partial charge in [0.15, 0.2) is 5.78 Å². The van der Waals surface area contributed by atoms with Crippen LogP contribution in [0.3, 0.4) is 0 Å². The van der Waals surface area contributed by atoms with Gasteiger partial charge in [0.1, 0.15) is 5.78 Å². The van der Waals surface area contributed by atoms with Crippen LogP contribution in [0.2, 0.25) is 0 Å². The van der Waals surface area contributed by atoms with Crippen LogP contribution in [0.25, 0.3) is 0 Å². The van der Waals surface area contributed by atoms with Crippen molar-refractivity contribution in [2.45, 2.75) is 26.7 Å². The van der Waals surface area contributed by atoms with Crippen LogP contribution in [0.5, 0.6) is 0 Å². The van der Waals surface area contributed by atoms with E-state index in [0.717, 1.165) is 0 Å². The van der Waals surface area contributed by atoms with E-state index in [1.54, 1.807) is 24.3 Å². The van der Waals surface area contributed by atoms with Gasteiger partial charge in [-0.1, -0.05) is 12.1 Å². The van der Waals surface area contributed by atoms with Crippen LogP contribution in [0.4, 0.5) is 0 Å². The van der Waals surface area contributed by atoms with E-state index in [-0.39, 0.29) is 17.5 Å². The highest BCUT2D eigenvalue weighted by molar-refractivity contribution is 5.99. The van der Waals surface area contributed by atoms with Crippen LogP contribution in [0, 0.1) is 0 Å². The van der Waals surface area contributed by atoms with E-state index in [1.807, 2.05) is 0 Å². The number of benzene rings is 1. The molecule has 0 aliphatic carbocycles. The first-order valence-electron chi connectivity index (χ1n) is 5.89. The number of amides is 1. The van der Waals surface area contributed by atoms with E-state index >= 15 is 0 Å². The summed E-state index contributed by atoms with van der Waals surface area (Å²) in [5, 5.41) is 2.72. The SMILES string of the molecule is CC(=O)CCCNC(=O)c1cccc(C(C)=O)c1. The topological polar surface area (TPSA) is 63.2 Å². The van der Waals surface area contributed by atoms with Gasteiger partial charge in [-0.3, -0.25) is 9.59 Å². The van der Waals surface area contributed by atoms with Crippen LogP contribution in [0.15, 0.2) is 24.3 Å². The number of rotatable bonds is 6. The zero-order valence-electron chi connectivity index (χ0n) is 10.7. The molecule has 1 amide bonds. The Hall–Kier alpha value is -1.97. The summed E-state index contributed by atoms with van der Waals surface area (Å²) in [6, 6.07) is 6.59. The van der Waals surface area contributed by atoms with Crippen molar-refractivity contribution in [3.8, 4) is 0 Å². The molecule has 0 saturated heterocycles. The predicted molar refractivity (Wildman–Crippen MR) is 68.7 cm³/mol. The molecule has 0 atom stereocenters. The maximum absolute atomic E-state index is 11.8. The Labute approximate surface area is 106 Å². The van der Waals surface area contributed by atoms with Crippen molar-refractivity contribution in [3.63, 3.8) is 0 Å². The van der Waals surface area contributed by atoms with Crippen LogP contribution in [-0.2, 0) is 4.79 Å². The summed E-state index contributed by atoms with van der Waals surface area (Å²) in [5.74, 6) is -0.175. The van der Waals surface area contributed by atoms with Gasteiger partial charge in [-0.25, -0.2) is 0 Å². The van der Waals surface area contributed by atoms with Crippen molar-refractivity contribution in [1.82, 2.24) is 5.32 Å². The molecule has 4 heteroatoms. The molecule has 0 saturated carbocycles. The van der Waals surface area contributed by atoms with Gasteiger partial charge in [0.25, 0.3) is 5.91 Å². The largest absolute Gasteiger partial charge is 0.352 e. The molecular weight excluding hydrogens is 230 g/mol. The summed E-state index contributed by atoms with van der Waals surface area (Å²) in [6.45, 7) is 3.45. The van der Waals surface area contributed by atoms with E-state index in [4.69, 9.17) is 0 Å². The summed E-state index contributed by atoms with van der Waals surface area (Å²) in [5.41, 5.74) is 0.983. The molecular formula is C14H17NO3. The minimum atomic E-state index is -0.221. The quantitative estimate of drug-likeness (QED) is 0.617. The van der Waals surface area contributed by atoms with E-state index in [1.165, 1.54) is 13.8 Å². The molecule has 0 heterocycles. The van der Waals surface area contributed by atoms with Gasteiger partial charge >= 0.3 is 0 Å². The lowest BCUT2D eigenvalue weighted by atomic mass is 10.1. The van der Waals surface area contributed by atoms with Crippen LogP contribution >= 0.6 is 0 Å². The van der Waals surface area contributed by atoms with Crippen LogP contribution in [0.1, 0.15) is 47.4 Å². The summed E-state index contributed by atoms with van der Waals surface area (Å²) in [4.78, 5) is 33.7. The first kappa shape index (κ1) is 14.1. The lowest BCUT2D eigenvalue weighted by Gasteiger charge is -2.05. The van der Waals surface area contributed by atoms with Crippen molar-refractivity contribution in [1.29, 1.82) is 0 Å². The highest BCUT2D eigenvalue weighted by Gasteiger charge is 2.07. The number of carbonyl (C=O) groups excluding carboxylic acids is 3. The maximum Gasteiger partial charge on any atom is 0.251 e. The van der Waals surface area contributed by atoms with E-state index in [0.29, 0.717) is 30.5 Å². The Morgan fingerprint density at radius 1 is 1.11 bits per heavy atom. The first-order chi connectivity index (χ1) is 8.50. The second-order valence-corrected chi connectivity index (χ2v) is 4.20. The van der Waals surface area contributed by atoms with E-state index < -0.39 is 0 Å². The Balaban J connectivity index is 2.53. The van der Waals surface area contributed by atoms with E-state index in [2.05, 4.69) is 5.32 Å². The molecule has 4 nitrogen and oxygen atoms in total. The summed E-state index contributed by atoms with van der Waals surface area (Å²) in [7, 11) is 0. The van der Waals surface area contributed by atoms with Crippen molar-refractivity contribution >= 4 is 17.5 Å². The number of ketones is 2.